The van der Waals surface area contributed by atoms with E-state index in [-0.39, 0.29) is 12.4 Å². The van der Waals surface area contributed by atoms with Gasteiger partial charge in [-0.25, -0.2) is 0 Å². The van der Waals surface area contributed by atoms with Crippen molar-refractivity contribution in [1.29, 1.82) is 0 Å². The van der Waals surface area contributed by atoms with Crippen molar-refractivity contribution in [1.82, 2.24) is 0 Å². The molecule has 0 atom stereocenters. The van der Waals surface area contributed by atoms with E-state index in [9.17, 15) is 9.59 Å². The van der Waals surface area contributed by atoms with Crippen LogP contribution in [0.3, 0.4) is 0 Å². The second kappa shape index (κ2) is 6.34. The Kier molecular flexibility index (Phi) is 4.53. The molecule has 0 aliphatic heterocycles. The predicted octanol–water partition coefficient (Wildman–Crippen LogP) is 2.67. The topological polar surface area (TPSA) is 69.4 Å². The molecule has 104 valence electrons. The highest BCUT2D eigenvalue weighted by Gasteiger charge is 2.10. The molecule has 0 radical (unpaired) electrons. The lowest BCUT2D eigenvalue weighted by molar-refractivity contribution is 0.0924. The zero-order valence-corrected chi connectivity index (χ0v) is 11.9. The summed E-state index contributed by atoms with van der Waals surface area (Å²) < 4.78 is 5.40. The van der Waals surface area contributed by atoms with Gasteiger partial charge in [-0.2, -0.15) is 0 Å². The Morgan fingerprint density at radius 1 is 1.15 bits per heavy atom. The Morgan fingerprint density at radius 3 is 2.40 bits per heavy atom. The van der Waals surface area contributed by atoms with Gasteiger partial charge in [-0.05, 0) is 42.8 Å². The van der Waals surface area contributed by atoms with E-state index in [2.05, 4.69) is 6.92 Å². The van der Waals surface area contributed by atoms with Gasteiger partial charge in [-0.15, -0.1) is 11.3 Å². The number of hydrogen-bond acceptors (Lipinski definition) is 4. The maximum absolute atomic E-state index is 11.9. The summed E-state index contributed by atoms with van der Waals surface area (Å²) >= 11 is 1.49. The van der Waals surface area contributed by atoms with E-state index >= 15 is 0 Å². The van der Waals surface area contributed by atoms with E-state index < -0.39 is 5.91 Å². The lowest BCUT2D eigenvalue weighted by Crippen LogP contribution is -2.12. The number of primary amides is 1. The van der Waals surface area contributed by atoms with Crippen LogP contribution >= 0.6 is 11.3 Å². The average molecular weight is 289 g/mol. The second-order valence-corrected chi connectivity index (χ2v) is 5.39. The molecule has 1 amide bonds. The normalized spacial score (nSPS) is 10.2. The highest BCUT2D eigenvalue weighted by Crippen LogP contribution is 2.18. The van der Waals surface area contributed by atoms with E-state index in [1.165, 1.54) is 16.2 Å². The van der Waals surface area contributed by atoms with Crippen LogP contribution in [0, 0.1) is 0 Å². The first-order valence-corrected chi connectivity index (χ1v) is 7.06. The molecule has 2 rings (SSSR count). The second-order valence-electron chi connectivity index (χ2n) is 4.22. The van der Waals surface area contributed by atoms with Crippen LogP contribution in [0.5, 0.6) is 5.75 Å². The minimum atomic E-state index is -0.488. The number of thiophene rings is 1. The molecule has 0 aliphatic rings. The summed E-state index contributed by atoms with van der Waals surface area (Å²) in [5.74, 6) is 0.00241. The first-order valence-electron chi connectivity index (χ1n) is 6.24. The van der Waals surface area contributed by atoms with Crippen LogP contribution in [0.4, 0.5) is 0 Å². The van der Waals surface area contributed by atoms with Gasteiger partial charge in [-0.3, -0.25) is 9.59 Å². The maximum atomic E-state index is 11.9. The van der Waals surface area contributed by atoms with Gasteiger partial charge in [0.1, 0.15) is 5.75 Å². The zero-order chi connectivity index (χ0) is 14.5. The molecule has 0 aliphatic carbocycles. The smallest absolute Gasteiger partial charge is 0.248 e. The van der Waals surface area contributed by atoms with E-state index in [1.807, 2.05) is 12.1 Å². The van der Waals surface area contributed by atoms with Gasteiger partial charge in [0.15, 0.2) is 6.61 Å². The molecule has 0 bridgehead atoms. The zero-order valence-electron chi connectivity index (χ0n) is 11.1. The summed E-state index contributed by atoms with van der Waals surface area (Å²) in [6.45, 7) is 2.04. The third kappa shape index (κ3) is 3.45. The number of carbonyl (C=O) groups excluding carboxylic acids is 2. The van der Waals surface area contributed by atoms with Crippen LogP contribution in [-0.4, -0.2) is 18.3 Å². The minimum Gasteiger partial charge on any atom is -0.485 e. The van der Waals surface area contributed by atoms with E-state index in [1.54, 1.807) is 24.3 Å². The average Bonchev–Trinajstić information content (AvgIpc) is 2.94. The number of hydrogen-bond donors (Lipinski definition) is 1. The molecule has 1 aromatic carbocycles. The van der Waals surface area contributed by atoms with Gasteiger partial charge in [0, 0.05) is 10.4 Å². The quantitative estimate of drug-likeness (QED) is 0.831. The molecule has 0 fully saturated rings. The lowest BCUT2D eigenvalue weighted by atomic mass is 10.2. The molecule has 0 saturated heterocycles. The summed E-state index contributed by atoms with van der Waals surface area (Å²) in [5.41, 5.74) is 5.56. The van der Waals surface area contributed by atoms with Crippen molar-refractivity contribution in [3.05, 3.63) is 51.7 Å². The first kappa shape index (κ1) is 14.3. The summed E-state index contributed by atoms with van der Waals surface area (Å²) in [4.78, 5) is 24.7. The van der Waals surface area contributed by atoms with Crippen LogP contribution in [0.25, 0.3) is 0 Å². The number of Topliss-reactive ketones (excluding diaryl/α,β-unsaturated/α-hetero) is 1. The van der Waals surface area contributed by atoms with E-state index in [4.69, 9.17) is 10.5 Å². The first-order chi connectivity index (χ1) is 9.60. The fourth-order valence-electron chi connectivity index (χ4n) is 1.65. The standard InChI is InChI=1S/C15H15NO3S/c1-2-12-7-8-14(20-12)13(17)9-19-11-5-3-10(4-6-11)15(16)18/h3-8H,2,9H2,1H3,(H2,16,18). The van der Waals surface area contributed by atoms with E-state index in [0.29, 0.717) is 16.2 Å². The Bertz CT molecular complexity index is 616. The SMILES string of the molecule is CCc1ccc(C(=O)COc2ccc(C(N)=O)cc2)s1. The molecule has 0 spiro atoms. The third-order valence-corrected chi connectivity index (χ3v) is 4.06. The monoisotopic (exact) mass is 289 g/mol. The molecule has 0 saturated carbocycles. The Labute approximate surface area is 121 Å². The van der Waals surface area contributed by atoms with Crippen LogP contribution in [0.1, 0.15) is 31.8 Å². The molecule has 0 unspecified atom stereocenters. The minimum absolute atomic E-state index is 0.0143. The number of rotatable bonds is 6. The number of nitrogens with two attached hydrogens (primary N) is 1. The van der Waals surface area contributed by atoms with Gasteiger partial charge < -0.3 is 10.5 Å². The van der Waals surface area contributed by atoms with Crippen LogP contribution in [0.15, 0.2) is 36.4 Å². The van der Waals surface area contributed by atoms with Crippen molar-refractivity contribution in [2.45, 2.75) is 13.3 Å². The van der Waals surface area contributed by atoms with Crippen LogP contribution < -0.4 is 10.5 Å². The lowest BCUT2D eigenvalue weighted by Gasteiger charge is -2.04. The summed E-state index contributed by atoms with van der Waals surface area (Å²) in [7, 11) is 0. The van der Waals surface area contributed by atoms with Gasteiger partial charge in [0.05, 0.1) is 4.88 Å². The molecule has 1 aromatic heterocycles. The van der Waals surface area contributed by atoms with Gasteiger partial charge >= 0.3 is 0 Å². The maximum Gasteiger partial charge on any atom is 0.248 e. The van der Waals surface area contributed by atoms with Crippen molar-refractivity contribution < 1.29 is 14.3 Å². The Morgan fingerprint density at radius 2 is 1.85 bits per heavy atom. The Balaban J connectivity index is 1.94. The molecule has 5 heteroatoms. The molecule has 1 heterocycles. The number of aryl methyl sites for hydroxylation is 1. The molecule has 4 nitrogen and oxygen atoms in total. The summed E-state index contributed by atoms with van der Waals surface area (Å²) in [5, 5.41) is 0. The van der Waals surface area contributed by atoms with E-state index in [0.717, 1.165) is 6.42 Å². The van der Waals surface area contributed by atoms with Crippen molar-refractivity contribution in [2.24, 2.45) is 5.73 Å². The third-order valence-electron chi connectivity index (χ3n) is 2.79. The van der Waals surface area contributed by atoms with Crippen molar-refractivity contribution in [3.8, 4) is 5.75 Å². The van der Waals surface area contributed by atoms with Gasteiger partial charge in [0.2, 0.25) is 11.7 Å². The number of benzene rings is 1. The fraction of sp³-hybridized carbons (Fsp3) is 0.200. The van der Waals surface area contributed by atoms with Crippen molar-refractivity contribution in [2.75, 3.05) is 6.61 Å². The molecular formula is C15H15NO3S. The van der Waals surface area contributed by atoms with Crippen LogP contribution in [0.2, 0.25) is 0 Å². The predicted molar refractivity (Wildman–Crippen MR) is 78.5 cm³/mol. The number of ether oxygens (including phenoxy) is 1. The number of carbonyl (C=O) groups is 2. The fourth-order valence-corrected chi connectivity index (χ4v) is 2.52. The number of amides is 1. The van der Waals surface area contributed by atoms with Crippen molar-refractivity contribution in [3.63, 3.8) is 0 Å². The number of ketones is 1. The highest BCUT2D eigenvalue weighted by molar-refractivity contribution is 7.14. The summed E-state index contributed by atoms with van der Waals surface area (Å²) in [6.07, 6.45) is 0.924. The van der Waals surface area contributed by atoms with Crippen LogP contribution in [-0.2, 0) is 6.42 Å². The van der Waals surface area contributed by atoms with Crippen molar-refractivity contribution >= 4 is 23.0 Å². The molecule has 2 N–H and O–H groups in total. The van der Waals surface area contributed by atoms with Gasteiger partial charge in [-0.1, -0.05) is 6.92 Å². The molecular weight excluding hydrogens is 274 g/mol. The van der Waals surface area contributed by atoms with Gasteiger partial charge in [0.25, 0.3) is 0 Å². The summed E-state index contributed by atoms with van der Waals surface area (Å²) in [6, 6.07) is 10.2. The highest BCUT2D eigenvalue weighted by atomic mass is 32.1. The largest absolute Gasteiger partial charge is 0.485 e. The Hall–Kier alpha value is -2.14. The molecule has 2 aromatic rings. The molecule has 20 heavy (non-hydrogen) atoms.